The number of nitrogens with zero attached hydrogens (tertiary/aromatic N) is 2. The van der Waals surface area contributed by atoms with Crippen molar-refractivity contribution >= 4 is 34.7 Å². The monoisotopic (exact) mass is 434 g/mol. The zero-order valence-electron chi connectivity index (χ0n) is 16.9. The summed E-state index contributed by atoms with van der Waals surface area (Å²) >= 11 is 6.21. The Morgan fingerprint density at radius 3 is 2.55 bits per heavy atom. The van der Waals surface area contributed by atoms with Crippen LogP contribution < -0.4 is 9.64 Å². The second-order valence-electron chi connectivity index (χ2n) is 7.11. The first-order valence-corrected chi connectivity index (χ1v) is 9.92. The van der Waals surface area contributed by atoms with Crippen LogP contribution in [0.25, 0.3) is 5.76 Å². The number of benzene rings is 2. The fourth-order valence-corrected chi connectivity index (χ4v) is 3.92. The molecule has 3 aromatic rings. The number of aliphatic hydroxyl groups is 1. The third kappa shape index (κ3) is 3.66. The maximum absolute atomic E-state index is 13.1. The van der Waals surface area contributed by atoms with E-state index in [-0.39, 0.29) is 16.4 Å². The molecule has 2 heterocycles. The zero-order chi connectivity index (χ0) is 22.1. The molecule has 1 aliphatic heterocycles. The van der Waals surface area contributed by atoms with Crippen LogP contribution in [0.5, 0.6) is 5.75 Å². The molecule has 1 aromatic heterocycles. The molecule has 1 atom stereocenters. The van der Waals surface area contributed by atoms with Crippen molar-refractivity contribution in [1.82, 2.24) is 4.98 Å². The zero-order valence-corrected chi connectivity index (χ0v) is 17.6. The first kappa shape index (κ1) is 20.6. The standard InChI is InChI=1S/C24H19ClN2O4/c1-14-6-5-7-16(12-14)27-21(18-8-3-4-11-26-18)20(23(29)24(27)30)22(28)15-9-10-19(31-2)17(25)13-15/h3-13,21,28H,1-2H3/b22-20-. The van der Waals surface area contributed by atoms with Crippen molar-refractivity contribution in [2.24, 2.45) is 0 Å². The van der Waals surface area contributed by atoms with E-state index in [4.69, 9.17) is 16.3 Å². The summed E-state index contributed by atoms with van der Waals surface area (Å²) in [5, 5.41) is 11.4. The molecule has 1 fully saturated rings. The van der Waals surface area contributed by atoms with Gasteiger partial charge in [-0.15, -0.1) is 0 Å². The molecule has 1 saturated heterocycles. The summed E-state index contributed by atoms with van der Waals surface area (Å²) in [6.07, 6.45) is 1.58. The Morgan fingerprint density at radius 2 is 1.90 bits per heavy atom. The number of aromatic nitrogens is 1. The fraction of sp³-hybridized carbons (Fsp3) is 0.125. The van der Waals surface area contributed by atoms with E-state index in [1.807, 2.05) is 25.1 Å². The van der Waals surface area contributed by atoms with Crippen molar-refractivity contribution in [3.05, 3.63) is 94.3 Å². The lowest BCUT2D eigenvalue weighted by Crippen LogP contribution is -2.29. The largest absolute Gasteiger partial charge is 0.507 e. The summed E-state index contributed by atoms with van der Waals surface area (Å²) in [5.41, 5.74) is 2.19. The Hall–Kier alpha value is -3.64. The van der Waals surface area contributed by atoms with E-state index in [0.717, 1.165) is 5.56 Å². The summed E-state index contributed by atoms with van der Waals surface area (Å²) in [6.45, 7) is 1.90. The molecule has 0 saturated carbocycles. The van der Waals surface area contributed by atoms with Crippen LogP contribution in [0.4, 0.5) is 5.69 Å². The number of carbonyl (C=O) groups is 2. The SMILES string of the molecule is COc1ccc(/C(O)=C2/C(=O)C(=O)N(c3cccc(C)c3)C2c2ccccn2)cc1Cl. The number of carbonyl (C=O) groups excluding carboxylic acids is 2. The molecule has 0 aliphatic carbocycles. The maximum Gasteiger partial charge on any atom is 0.300 e. The lowest BCUT2D eigenvalue weighted by atomic mass is 9.98. The third-order valence-corrected chi connectivity index (χ3v) is 5.41. The van der Waals surface area contributed by atoms with Gasteiger partial charge in [0.05, 0.1) is 23.4 Å². The lowest BCUT2D eigenvalue weighted by molar-refractivity contribution is -0.132. The highest BCUT2D eigenvalue weighted by Gasteiger charge is 2.47. The molecule has 2 aromatic carbocycles. The van der Waals surface area contributed by atoms with E-state index in [1.54, 1.807) is 42.6 Å². The molecule has 1 amide bonds. The Kier molecular flexibility index (Phi) is 5.48. The molecule has 31 heavy (non-hydrogen) atoms. The molecular weight excluding hydrogens is 416 g/mol. The van der Waals surface area contributed by atoms with Crippen molar-refractivity contribution in [3.8, 4) is 5.75 Å². The molecule has 0 bridgehead atoms. The van der Waals surface area contributed by atoms with Crippen LogP contribution in [0.1, 0.15) is 22.9 Å². The minimum Gasteiger partial charge on any atom is -0.507 e. The third-order valence-electron chi connectivity index (χ3n) is 5.12. The molecule has 1 N–H and O–H groups in total. The van der Waals surface area contributed by atoms with Crippen molar-refractivity contribution in [1.29, 1.82) is 0 Å². The second-order valence-corrected chi connectivity index (χ2v) is 7.52. The lowest BCUT2D eigenvalue weighted by Gasteiger charge is -2.24. The number of aryl methyl sites for hydroxylation is 1. The number of pyridine rings is 1. The van der Waals surface area contributed by atoms with Crippen LogP contribution in [0.2, 0.25) is 5.02 Å². The van der Waals surface area contributed by atoms with Crippen LogP contribution in [0, 0.1) is 6.92 Å². The van der Waals surface area contributed by atoms with Crippen molar-refractivity contribution in [3.63, 3.8) is 0 Å². The predicted molar refractivity (Wildman–Crippen MR) is 118 cm³/mol. The van der Waals surface area contributed by atoms with E-state index < -0.39 is 17.7 Å². The first-order chi connectivity index (χ1) is 14.9. The molecule has 6 nitrogen and oxygen atoms in total. The Morgan fingerprint density at radius 1 is 1.10 bits per heavy atom. The average Bonchev–Trinajstić information content (AvgIpc) is 3.04. The molecule has 0 radical (unpaired) electrons. The smallest absolute Gasteiger partial charge is 0.300 e. The molecule has 7 heteroatoms. The van der Waals surface area contributed by atoms with Gasteiger partial charge in [-0.1, -0.05) is 29.8 Å². The number of rotatable bonds is 4. The molecule has 1 unspecified atom stereocenters. The van der Waals surface area contributed by atoms with Crippen molar-refractivity contribution in [2.75, 3.05) is 12.0 Å². The summed E-state index contributed by atoms with van der Waals surface area (Å²) in [4.78, 5) is 31.9. The summed E-state index contributed by atoms with van der Waals surface area (Å²) in [6, 6.07) is 16.3. The topological polar surface area (TPSA) is 79.7 Å². The second kappa shape index (κ2) is 8.24. The van der Waals surface area contributed by atoms with Gasteiger partial charge in [-0.05, 0) is 55.0 Å². The molecule has 1 aliphatic rings. The van der Waals surface area contributed by atoms with Gasteiger partial charge in [-0.2, -0.15) is 0 Å². The van der Waals surface area contributed by atoms with Gasteiger partial charge in [0.15, 0.2) is 0 Å². The number of hydrogen-bond acceptors (Lipinski definition) is 5. The number of Topliss-reactive ketones (excluding diaryl/α,β-unsaturated/α-hetero) is 1. The van der Waals surface area contributed by atoms with Gasteiger partial charge in [0.2, 0.25) is 0 Å². The highest BCUT2D eigenvalue weighted by Crippen LogP contribution is 2.42. The van der Waals surface area contributed by atoms with Crippen LogP contribution in [-0.2, 0) is 9.59 Å². The average molecular weight is 435 g/mol. The number of hydrogen-bond donors (Lipinski definition) is 1. The molecule has 0 spiro atoms. The Balaban J connectivity index is 1.93. The number of methoxy groups -OCH3 is 1. The highest BCUT2D eigenvalue weighted by atomic mass is 35.5. The van der Waals surface area contributed by atoms with E-state index in [1.165, 1.54) is 18.1 Å². The Labute approximate surface area is 184 Å². The number of ketones is 1. The number of anilines is 1. The van der Waals surface area contributed by atoms with Crippen LogP contribution in [0.15, 0.2) is 72.4 Å². The van der Waals surface area contributed by atoms with Gasteiger partial charge in [0, 0.05) is 17.4 Å². The molecule has 156 valence electrons. The normalized spacial score (nSPS) is 17.8. The quantitative estimate of drug-likeness (QED) is 0.366. The van der Waals surface area contributed by atoms with E-state index >= 15 is 0 Å². The minimum absolute atomic E-state index is 0.0496. The predicted octanol–water partition coefficient (Wildman–Crippen LogP) is 4.68. The van der Waals surface area contributed by atoms with Gasteiger partial charge in [0.1, 0.15) is 17.6 Å². The van der Waals surface area contributed by atoms with Gasteiger partial charge in [-0.25, -0.2) is 0 Å². The number of amides is 1. The minimum atomic E-state index is -0.885. The maximum atomic E-state index is 13.1. The highest BCUT2D eigenvalue weighted by molar-refractivity contribution is 6.51. The fourth-order valence-electron chi connectivity index (χ4n) is 3.66. The van der Waals surface area contributed by atoms with Gasteiger partial charge >= 0.3 is 0 Å². The van der Waals surface area contributed by atoms with Crippen molar-refractivity contribution < 1.29 is 19.4 Å². The van der Waals surface area contributed by atoms with Gasteiger partial charge in [0.25, 0.3) is 11.7 Å². The van der Waals surface area contributed by atoms with Gasteiger partial charge < -0.3 is 9.84 Å². The van der Waals surface area contributed by atoms with E-state index in [9.17, 15) is 14.7 Å². The summed E-state index contributed by atoms with van der Waals surface area (Å²) in [5.74, 6) is -1.42. The molecular formula is C24H19ClN2O4. The van der Waals surface area contributed by atoms with Crippen molar-refractivity contribution in [2.45, 2.75) is 13.0 Å². The summed E-state index contributed by atoms with van der Waals surface area (Å²) in [7, 11) is 1.48. The first-order valence-electron chi connectivity index (χ1n) is 9.55. The van der Waals surface area contributed by atoms with E-state index in [0.29, 0.717) is 22.7 Å². The van der Waals surface area contributed by atoms with Crippen LogP contribution >= 0.6 is 11.6 Å². The Bertz CT molecular complexity index is 1210. The van der Waals surface area contributed by atoms with E-state index in [2.05, 4.69) is 4.98 Å². The number of aliphatic hydroxyl groups excluding tert-OH is 1. The van der Waals surface area contributed by atoms with Crippen LogP contribution in [-0.4, -0.2) is 28.9 Å². The van der Waals surface area contributed by atoms with Gasteiger partial charge in [-0.3, -0.25) is 19.5 Å². The number of ether oxygens (including phenoxy) is 1. The van der Waals surface area contributed by atoms with Crippen LogP contribution in [0.3, 0.4) is 0 Å². The summed E-state index contributed by atoms with van der Waals surface area (Å²) < 4.78 is 5.15. The molecule has 4 rings (SSSR count). The number of halogens is 1.